The molecule has 1 heterocycles. The van der Waals surface area contributed by atoms with Crippen LogP contribution in [0.15, 0.2) is 18.6 Å². The van der Waals surface area contributed by atoms with Crippen LogP contribution in [0.3, 0.4) is 0 Å². The second-order valence-corrected chi connectivity index (χ2v) is 4.43. The number of anilines is 1. The molecule has 0 spiro atoms. The number of nitrogens with one attached hydrogen (secondary N) is 1. The molecule has 1 saturated carbocycles. The molecule has 0 radical (unpaired) electrons. The third kappa shape index (κ3) is 4.28. The third-order valence-electron chi connectivity index (χ3n) is 3.06. The molecule has 0 aromatic carbocycles. The summed E-state index contributed by atoms with van der Waals surface area (Å²) in [5, 5.41) is 3.19. The molecule has 2 rings (SSSR count). The number of hydrogen-bond acceptors (Lipinski definition) is 5. The second-order valence-electron chi connectivity index (χ2n) is 4.43. The fourth-order valence-corrected chi connectivity index (χ4v) is 2.06. The van der Waals surface area contributed by atoms with Crippen LogP contribution in [0, 0.1) is 0 Å². The first-order valence-electron chi connectivity index (χ1n) is 6.21. The summed E-state index contributed by atoms with van der Waals surface area (Å²) in [5.74, 6) is 0.842. The Bertz CT molecular complexity index is 312. The number of rotatable bonds is 5. The van der Waals surface area contributed by atoms with Crippen LogP contribution >= 0.6 is 0 Å². The molecule has 3 N–H and O–H groups in total. The molecule has 1 aromatic rings. The van der Waals surface area contributed by atoms with Crippen molar-refractivity contribution in [3.05, 3.63) is 18.6 Å². The van der Waals surface area contributed by atoms with Gasteiger partial charge in [-0.3, -0.25) is 0 Å². The van der Waals surface area contributed by atoms with Crippen LogP contribution in [0.1, 0.15) is 25.7 Å². The number of nitrogens with two attached hydrogens (primary N) is 1. The molecule has 1 fully saturated rings. The molecule has 0 bridgehead atoms. The highest BCUT2D eigenvalue weighted by atomic mass is 16.5. The van der Waals surface area contributed by atoms with E-state index < -0.39 is 0 Å². The summed E-state index contributed by atoms with van der Waals surface area (Å²) in [6.07, 6.45) is 8.00. The maximum absolute atomic E-state index is 5.85. The molecule has 0 amide bonds. The van der Waals surface area contributed by atoms with Crippen molar-refractivity contribution in [3.63, 3.8) is 0 Å². The Balaban J connectivity index is 1.57. The van der Waals surface area contributed by atoms with Crippen LogP contribution in [0.5, 0.6) is 0 Å². The summed E-state index contributed by atoms with van der Waals surface area (Å²) in [4.78, 5) is 7.94. The third-order valence-corrected chi connectivity index (χ3v) is 3.06. The van der Waals surface area contributed by atoms with Crippen molar-refractivity contribution in [2.75, 3.05) is 18.5 Å². The molecule has 1 aliphatic carbocycles. The molecule has 5 heteroatoms. The van der Waals surface area contributed by atoms with Crippen molar-refractivity contribution in [2.45, 2.75) is 37.8 Å². The van der Waals surface area contributed by atoms with E-state index in [1.165, 1.54) is 6.33 Å². The lowest BCUT2D eigenvalue weighted by atomic mass is 9.94. The van der Waals surface area contributed by atoms with E-state index >= 15 is 0 Å². The molecule has 17 heavy (non-hydrogen) atoms. The average Bonchev–Trinajstić information content (AvgIpc) is 2.38. The lowest BCUT2D eigenvalue weighted by Gasteiger charge is -2.26. The topological polar surface area (TPSA) is 73.1 Å². The highest BCUT2D eigenvalue weighted by molar-refractivity contribution is 5.31. The minimum Gasteiger partial charge on any atom is -0.376 e. The Labute approximate surface area is 102 Å². The molecular weight excluding hydrogens is 216 g/mol. The minimum absolute atomic E-state index is 0.383. The van der Waals surface area contributed by atoms with Crippen molar-refractivity contribution >= 4 is 5.82 Å². The smallest absolute Gasteiger partial charge is 0.129 e. The zero-order valence-corrected chi connectivity index (χ0v) is 10.0. The Morgan fingerprint density at radius 1 is 1.35 bits per heavy atom. The van der Waals surface area contributed by atoms with E-state index in [1.54, 1.807) is 6.20 Å². The highest BCUT2D eigenvalue weighted by Gasteiger charge is 2.18. The zero-order chi connectivity index (χ0) is 11.9. The van der Waals surface area contributed by atoms with Crippen LogP contribution in [-0.2, 0) is 4.74 Å². The predicted molar refractivity (Wildman–Crippen MR) is 66.7 cm³/mol. The lowest BCUT2D eigenvalue weighted by Crippen LogP contribution is -2.31. The van der Waals surface area contributed by atoms with Gasteiger partial charge in [-0.05, 0) is 31.7 Å². The zero-order valence-electron chi connectivity index (χ0n) is 10.0. The van der Waals surface area contributed by atoms with Crippen LogP contribution in [0.2, 0.25) is 0 Å². The van der Waals surface area contributed by atoms with Gasteiger partial charge in [0.25, 0.3) is 0 Å². The van der Waals surface area contributed by atoms with E-state index in [-0.39, 0.29) is 0 Å². The summed E-state index contributed by atoms with van der Waals surface area (Å²) in [5.41, 5.74) is 5.85. The maximum atomic E-state index is 5.85. The SMILES string of the molecule is NC1CCC(OCCNc2ccncn2)CC1. The van der Waals surface area contributed by atoms with E-state index in [4.69, 9.17) is 10.5 Å². The number of nitrogens with zero attached hydrogens (tertiary/aromatic N) is 2. The molecule has 1 aliphatic rings. The van der Waals surface area contributed by atoms with E-state index in [1.807, 2.05) is 6.07 Å². The van der Waals surface area contributed by atoms with E-state index in [0.717, 1.165) is 38.0 Å². The van der Waals surface area contributed by atoms with Crippen molar-refractivity contribution in [2.24, 2.45) is 5.73 Å². The van der Waals surface area contributed by atoms with Gasteiger partial charge in [0.1, 0.15) is 12.1 Å². The largest absolute Gasteiger partial charge is 0.376 e. The molecule has 5 nitrogen and oxygen atoms in total. The standard InChI is InChI=1S/C12H20N4O/c13-10-1-3-11(4-2-10)17-8-7-15-12-5-6-14-9-16-12/h5-6,9-11H,1-4,7-8,13H2,(H,14,15,16). The van der Waals surface area contributed by atoms with E-state index in [9.17, 15) is 0 Å². The van der Waals surface area contributed by atoms with E-state index in [0.29, 0.717) is 18.8 Å². The molecule has 0 saturated heterocycles. The van der Waals surface area contributed by atoms with Gasteiger partial charge in [0.2, 0.25) is 0 Å². The van der Waals surface area contributed by atoms with Crippen LogP contribution in [0.25, 0.3) is 0 Å². The molecule has 0 unspecified atom stereocenters. The van der Waals surface area contributed by atoms with Crippen LogP contribution in [-0.4, -0.2) is 35.3 Å². The molecular formula is C12H20N4O. The lowest BCUT2D eigenvalue weighted by molar-refractivity contribution is 0.0313. The van der Waals surface area contributed by atoms with Gasteiger partial charge in [-0.15, -0.1) is 0 Å². The van der Waals surface area contributed by atoms with Gasteiger partial charge in [-0.2, -0.15) is 0 Å². The summed E-state index contributed by atoms with van der Waals surface area (Å²) < 4.78 is 5.79. The van der Waals surface area contributed by atoms with Gasteiger partial charge in [0.15, 0.2) is 0 Å². The fourth-order valence-electron chi connectivity index (χ4n) is 2.06. The number of aromatic nitrogens is 2. The quantitative estimate of drug-likeness (QED) is 0.751. The molecule has 0 aliphatic heterocycles. The Hall–Kier alpha value is -1.20. The summed E-state index contributed by atoms with van der Waals surface area (Å²) in [6, 6.07) is 2.23. The van der Waals surface area contributed by atoms with Gasteiger partial charge in [-0.1, -0.05) is 0 Å². The van der Waals surface area contributed by atoms with Gasteiger partial charge < -0.3 is 15.8 Å². The van der Waals surface area contributed by atoms with Crippen molar-refractivity contribution < 1.29 is 4.74 Å². The maximum Gasteiger partial charge on any atom is 0.129 e. The fraction of sp³-hybridized carbons (Fsp3) is 0.667. The second kappa shape index (κ2) is 6.51. The van der Waals surface area contributed by atoms with Crippen molar-refractivity contribution in [3.8, 4) is 0 Å². The normalized spacial score (nSPS) is 24.5. The molecule has 1 aromatic heterocycles. The molecule has 94 valence electrons. The van der Waals surface area contributed by atoms with Crippen LogP contribution < -0.4 is 11.1 Å². The monoisotopic (exact) mass is 236 g/mol. The van der Waals surface area contributed by atoms with Gasteiger partial charge in [0.05, 0.1) is 12.7 Å². The first-order valence-corrected chi connectivity index (χ1v) is 6.21. The van der Waals surface area contributed by atoms with Gasteiger partial charge in [-0.25, -0.2) is 9.97 Å². The minimum atomic E-state index is 0.383. The Morgan fingerprint density at radius 3 is 2.88 bits per heavy atom. The summed E-state index contributed by atoms with van der Waals surface area (Å²) in [6.45, 7) is 1.49. The van der Waals surface area contributed by atoms with Crippen molar-refractivity contribution in [1.29, 1.82) is 0 Å². The van der Waals surface area contributed by atoms with E-state index in [2.05, 4.69) is 15.3 Å². The Kier molecular flexibility index (Phi) is 4.70. The highest BCUT2D eigenvalue weighted by Crippen LogP contribution is 2.19. The molecule has 0 atom stereocenters. The number of hydrogen-bond donors (Lipinski definition) is 2. The summed E-state index contributed by atoms with van der Waals surface area (Å²) in [7, 11) is 0. The first kappa shape index (κ1) is 12.3. The first-order chi connectivity index (χ1) is 8.34. The average molecular weight is 236 g/mol. The Morgan fingerprint density at radius 2 is 2.18 bits per heavy atom. The van der Waals surface area contributed by atoms with Gasteiger partial charge in [0, 0.05) is 18.8 Å². The van der Waals surface area contributed by atoms with Crippen molar-refractivity contribution in [1.82, 2.24) is 9.97 Å². The number of ether oxygens (including phenoxy) is 1. The van der Waals surface area contributed by atoms with Crippen LogP contribution in [0.4, 0.5) is 5.82 Å². The van der Waals surface area contributed by atoms with Gasteiger partial charge >= 0.3 is 0 Å². The summed E-state index contributed by atoms with van der Waals surface area (Å²) >= 11 is 0. The predicted octanol–water partition coefficient (Wildman–Crippen LogP) is 1.17.